The van der Waals surface area contributed by atoms with Crippen LogP contribution in [0.1, 0.15) is 25.6 Å². The van der Waals surface area contributed by atoms with E-state index in [-0.39, 0.29) is 5.82 Å². The first-order valence-corrected chi connectivity index (χ1v) is 7.07. The van der Waals surface area contributed by atoms with E-state index in [0.29, 0.717) is 17.2 Å². The lowest BCUT2D eigenvalue weighted by Gasteiger charge is -2.21. The second-order valence-corrected chi connectivity index (χ2v) is 6.24. The van der Waals surface area contributed by atoms with Crippen molar-refractivity contribution < 1.29 is 4.39 Å². The maximum absolute atomic E-state index is 13.9. The van der Waals surface area contributed by atoms with Gasteiger partial charge in [0.2, 0.25) is 0 Å². The molecular formula is C14H15BrFN3. The average molecular weight is 324 g/mol. The number of nitrogens with zero attached hydrogens (tertiary/aromatic N) is 1. The molecule has 3 N–H and O–H groups in total. The van der Waals surface area contributed by atoms with Crippen molar-refractivity contribution in [1.82, 2.24) is 9.97 Å². The van der Waals surface area contributed by atoms with Crippen LogP contribution in [0.15, 0.2) is 28.9 Å². The number of nitrogens with one attached hydrogen (secondary N) is 1. The fraction of sp³-hybridized carbons (Fsp3) is 0.357. The van der Waals surface area contributed by atoms with Crippen molar-refractivity contribution in [2.24, 2.45) is 11.7 Å². The second-order valence-electron chi connectivity index (χ2n) is 5.33. The third-order valence-electron chi connectivity index (χ3n) is 3.73. The van der Waals surface area contributed by atoms with Crippen molar-refractivity contribution >= 4 is 15.9 Å². The van der Waals surface area contributed by atoms with Gasteiger partial charge in [-0.2, -0.15) is 0 Å². The maximum Gasteiger partial charge on any atom is 0.133 e. The number of hydrogen-bond donors (Lipinski definition) is 2. The summed E-state index contributed by atoms with van der Waals surface area (Å²) in [5.41, 5.74) is 7.02. The van der Waals surface area contributed by atoms with E-state index in [2.05, 4.69) is 25.9 Å². The lowest BCUT2D eigenvalue weighted by Crippen LogP contribution is -2.36. The molecule has 1 aromatic heterocycles. The van der Waals surface area contributed by atoms with Crippen LogP contribution < -0.4 is 5.73 Å². The number of hydrogen-bond acceptors (Lipinski definition) is 2. The highest BCUT2D eigenvalue weighted by molar-refractivity contribution is 9.10. The molecular weight excluding hydrogens is 309 g/mol. The largest absolute Gasteiger partial charge is 0.340 e. The third kappa shape index (κ3) is 2.32. The zero-order valence-corrected chi connectivity index (χ0v) is 12.2. The average Bonchev–Trinajstić information content (AvgIpc) is 3.09. The highest BCUT2D eigenvalue weighted by Crippen LogP contribution is 2.43. The fourth-order valence-electron chi connectivity index (χ4n) is 2.32. The van der Waals surface area contributed by atoms with Gasteiger partial charge in [0.25, 0.3) is 0 Å². The highest BCUT2D eigenvalue weighted by Gasteiger charge is 2.41. The van der Waals surface area contributed by atoms with Crippen LogP contribution in [0.5, 0.6) is 0 Å². The summed E-state index contributed by atoms with van der Waals surface area (Å²) >= 11 is 3.25. The molecule has 1 unspecified atom stereocenters. The SMILES string of the molecule is CC(N)(c1ncc(-c2ccc(Br)cc2F)[nH]1)C1CC1. The Hall–Kier alpha value is -1.20. The lowest BCUT2D eigenvalue weighted by molar-refractivity contribution is 0.404. The van der Waals surface area contributed by atoms with Crippen LogP contribution in [0.2, 0.25) is 0 Å². The molecule has 1 aliphatic carbocycles. The molecule has 0 aliphatic heterocycles. The van der Waals surface area contributed by atoms with Gasteiger partial charge in [-0.3, -0.25) is 0 Å². The Morgan fingerprint density at radius 2 is 2.21 bits per heavy atom. The molecule has 0 saturated heterocycles. The van der Waals surface area contributed by atoms with Crippen molar-refractivity contribution in [2.45, 2.75) is 25.3 Å². The van der Waals surface area contributed by atoms with Crippen LogP contribution in [0.3, 0.4) is 0 Å². The number of aromatic nitrogens is 2. The van der Waals surface area contributed by atoms with Gasteiger partial charge < -0.3 is 10.7 Å². The highest BCUT2D eigenvalue weighted by atomic mass is 79.9. The first kappa shape index (κ1) is 12.8. The van der Waals surface area contributed by atoms with E-state index >= 15 is 0 Å². The number of benzene rings is 1. The van der Waals surface area contributed by atoms with E-state index in [9.17, 15) is 4.39 Å². The first-order valence-electron chi connectivity index (χ1n) is 6.28. The minimum Gasteiger partial charge on any atom is -0.340 e. The summed E-state index contributed by atoms with van der Waals surface area (Å²) in [6.07, 6.45) is 3.92. The Labute approximate surface area is 119 Å². The van der Waals surface area contributed by atoms with Gasteiger partial charge in [-0.05, 0) is 43.9 Å². The molecule has 0 bridgehead atoms. The number of H-pyrrole nitrogens is 1. The lowest BCUT2D eigenvalue weighted by atomic mass is 9.97. The minimum atomic E-state index is -0.454. The van der Waals surface area contributed by atoms with Crippen LogP contribution in [-0.4, -0.2) is 9.97 Å². The Morgan fingerprint density at radius 1 is 1.47 bits per heavy atom. The number of rotatable bonds is 3. The first-order chi connectivity index (χ1) is 8.98. The molecule has 0 amide bonds. The van der Waals surface area contributed by atoms with E-state index in [1.807, 2.05) is 13.0 Å². The van der Waals surface area contributed by atoms with Gasteiger partial charge in [0.1, 0.15) is 11.6 Å². The van der Waals surface area contributed by atoms with Crippen LogP contribution in [0.4, 0.5) is 4.39 Å². The van der Waals surface area contributed by atoms with Crippen molar-refractivity contribution in [1.29, 1.82) is 0 Å². The quantitative estimate of drug-likeness (QED) is 0.907. The van der Waals surface area contributed by atoms with Crippen molar-refractivity contribution in [3.63, 3.8) is 0 Å². The van der Waals surface area contributed by atoms with Crippen LogP contribution in [0.25, 0.3) is 11.3 Å². The number of aromatic amines is 1. The fourth-order valence-corrected chi connectivity index (χ4v) is 2.65. The number of imidazole rings is 1. The predicted octanol–water partition coefficient (Wildman–Crippen LogP) is 3.56. The molecule has 5 heteroatoms. The standard InChI is InChI=1S/C14H15BrFN3/c1-14(17,8-2-3-8)13-18-7-12(19-13)10-5-4-9(15)6-11(10)16/h4-8H,2-3,17H2,1H3,(H,18,19). The summed E-state index contributed by atoms with van der Waals surface area (Å²) in [4.78, 5) is 7.49. The molecule has 1 aliphatic rings. The summed E-state index contributed by atoms with van der Waals surface area (Å²) in [7, 11) is 0. The Morgan fingerprint density at radius 3 is 2.84 bits per heavy atom. The molecule has 0 radical (unpaired) electrons. The van der Waals surface area contributed by atoms with Gasteiger partial charge in [-0.15, -0.1) is 0 Å². The van der Waals surface area contributed by atoms with Gasteiger partial charge in [-0.1, -0.05) is 15.9 Å². The van der Waals surface area contributed by atoms with E-state index < -0.39 is 5.54 Å². The number of halogens is 2. The van der Waals surface area contributed by atoms with E-state index in [0.717, 1.165) is 23.1 Å². The zero-order valence-electron chi connectivity index (χ0n) is 10.6. The molecule has 2 aromatic rings. The summed E-state index contributed by atoms with van der Waals surface area (Å²) in [5.74, 6) is 0.920. The minimum absolute atomic E-state index is 0.283. The second kappa shape index (κ2) is 4.42. The van der Waals surface area contributed by atoms with E-state index in [4.69, 9.17) is 5.73 Å². The molecule has 3 nitrogen and oxygen atoms in total. The summed E-state index contributed by atoms with van der Waals surface area (Å²) in [5, 5.41) is 0. The predicted molar refractivity (Wildman–Crippen MR) is 75.9 cm³/mol. The van der Waals surface area contributed by atoms with Gasteiger partial charge in [-0.25, -0.2) is 9.37 Å². The Kier molecular flexibility index (Phi) is 2.98. The Bertz CT molecular complexity index is 617. The molecule has 1 saturated carbocycles. The summed E-state index contributed by atoms with van der Waals surface area (Å²) in [6, 6.07) is 4.97. The molecule has 1 aromatic carbocycles. The van der Waals surface area contributed by atoms with Gasteiger partial charge >= 0.3 is 0 Å². The molecule has 3 rings (SSSR count). The van der Waals surface area contributed by atoms with Crippen molar-refractivity contribution in [3.05, 3.63) is 40.5 Å². The van der Waals surface area contributed by atoms with Crippen LogP contribution in [-0.2, 0) is 5.54 Å². The summed E-state index contributed by atoms with van der Waals surface area (Å²) < 4.78 is 14.6. The molecule has 1 heterocycles. The van der Waals surface area contributed by atoms with Crippen molar-refractivity contribution in [2.75, 3.05) is 0 Å². The van der Waals surface area contributed by atoms with E-state index in [1.54, 1.807) is 12.3 Å². The third-order valence-corrected chi connectivity index (χ3v) is 4.23. The van der Waals surface area contributed by atoms with Crippen LogP contribution >= 0.6 is 15.9 Å². The molecule has 19 heavy (non-hydrogen) atoms. The van der Waals surface area contributed by atoms with Crippen LogP contribution in [0, 0.1) is 11.7 Å². The topological polar surface area (TPSA) is 54.7 Å². The van der Waals surface area contributed by atoms with Gasteiger partial charge in [0.05, 0.1) is 17.4 Å². The van der Waals surface area contributed by atoms with Crippen molar-refractivity contribution in [3.8, 4) is 11.3 Å². The monoisotopic (exact) mass is 323 g/mol. The van der Waals surface area contributed by atoms with E-state index in [1.165, 1.54) is 6.07 Å². The summed E-state index contributed by atoms with van der Waals surface area (Å²) in [6.45, 7) is 1.98. The van der Waals surface area contributed by atoms with Gasteiger partial charge in [0.15, 0.2) is 0 Å². The molecule has 0 spiro atoms. The molecule has 100 valence electrons. The maximum atomic E-state index is 13.9. The number of nitrogens with two attached hydrogens (primary N) is 1. The van der Waals surface area contributed by atoms with Gasteiger partial charge in [0, 0.05) is 10.0 Å². The Balaban J connectivity index is 1.96. The zero-order chi connectivity index (χ0) is 13.6. The normalized spacial score (nSPS) is 18.3. The molecule has 1 fully saturated rings. The smallest absolute Gasteiger partial charge is 0.133 e. The molecule has 1 atom stereocenters.